The molecule has 1 atom stereocenters. The average Bonchev–Trinajstić information content (AvgIpc) is 2.71. The minimum atomic E-state index is 0.00846. The van der Waals surface area contributed by atoms with E-state index in [0.29, 0.717) is 18.5 Å². The number of carbonyl (C=O) groups excluding carboxylic acids is 1. The van der Waals surface area contributed by atoms with Gasteiger partial charge in [-0.15, -0.1) is 0 Å². The summed E-state index contributed by atoms with van der Waals surface area (Å²) in [6.45, 7) is 0.560. The minimum Gasteiger partial charge on any atom is -0.396 e. The Morgan fingerprint density at radius 1 is 1.56 bits per heavy atom. The maximum atomic E-state index is 11.7. The van der Waals surface area contributed by atoms with E-state index in [-0.39, 0.29) is 18.4 Å². The molecule has 1 aliphatic heterocycles. The van der Waals surface area contributed by atoms with Crippen LogP contribution in [0.5, 0.6) is 0 Å². The van der Waals surface area contributed by atoms with E-state index < -0.39 is 0 Å². The van der Waals surface area contributed by atoms with Gasteiger partial charge in [0.05, 0.1) is 11.6 Å². The van der Waals surface area contributed by atoms with Crippen molar-refractivity contribution in [2.45, 2.75) is 6.42 Å². The van der Waals surface area contributed by atoms with Crippen molar-refractivity contribution in [2.24, 2.45) is 5.92 Å². The first-order chi connectivity index (χ1) is 7.74. The third kappa shape index (κ3) is 1.90. The van der Waals surface area contributed by atoms with E-state index in [0.717, 1.165) is 5.69 Å². The zero-order valence-corrected chi connectivity index (χ0v) is 8.76. The van der Waals surface area contributed by atoms with Gasteiger partial charge in [0, 0.05) is 31.2 Å². The quantitative estimate of drug-likeness (QED) is 0.799. The predicted molar refractivity (Wildman–Crippen MR) is 58.7 cm³/mol. The summed E-state index contributed by atoms with van der Waals surface area (Å²) in [4.78, 5) is 13.3. The van der Waals surface area contributed by atoms with Crippen LogP contribution in [0.25, 0.3) is 0 Å². The van der Waals surface area contributed by atoms with Crippen LogP contribution in [0.1, 0.15) is 12.0 Å². The molecule has 4 nitrogen and oxygen atoms in total. The van der Waals surface area contributed by atoms with Gasteiger partial charge in [0.15, 0.2) is 0 Å². The number of benzene rings is 1. The summed E-state index contributed by atoms with van der Waals surface area (Å²) in [5, 5.41) is 17.8. The van der Waals surface area contributed by atoms with Crippen molar-refractivity contribution in [3.63, 3.8) is 0 Å². The summed E-state index contributed by atoms with van der Waals surface area (Å²) >= 11 is 0. The van der Waals surface area contributed by atoms with Crippen LogP contribution in [0.3, 0.4) is 0 Å². The number of nitrogens with zero attached hydrogens (tertiary/aromatic N) is 2. The van der Waals surface area contributed by atoms with Gasteiger partial charge in [0.1, 0.15) is 0 Å². The minimum absolute atomic E-state index is 0.00846. The van der Waals surface area contributed by atoms with E-state index >= 15 is 0 Å². The molecular weight excluding hydrogens is 204 g/mol. The molecule has 1 aromatic carbocycles. The van der Waals surface area contributed by atoms with E-state index in [1.54, 1.807) is 29.2 Å². The molecule has 16 heavy (non-hydrogen) atoms. The zero-order chi connectivity index (χ0) is 11.5. The number of aliphatic hydroxyl groups excluding tert-OH is 1. The summed E-state index contributed by atoms with van der Waals surface area (Å²) in [6, 6.07) is 9.00. The Hall–Kier alpha value is -1.86. The summed E-state index contributed by atoms with van der Waals surface area (Å²) in [5.41, 5.74) is 1.28. The van der Waals surface area contributed by atoms with Crippen LogP contribution in [0.2, 0.25) is 0 Å². The molecule has 0 bridgehead atoms. The molecule has 0 spiro atoms. The first-order valence-electron chi connectivity index (χ1n) is 5.16. The predicted octanol–water partition coefficient (Wildman–Crippen LogP) is 0.903. The van der Waals surface area contributed by atoms with E-state index in [4.69, 9.17) is 10.4 Å². The first kappa shape index (κ1) is 10.7. The van der Waals surface area contributed by atoms with Gasteiger partial charge in [-0.1, -0.05) is 6.07 Å². The molecule has 1 aromatic rings. The van der Waals surface area contributed by atoms with Crippen LogP contribution in [0, 0.1) is 17.2 Å². The number of carbonyl (C=O) groups is 1. The Bertz CT molecular complexity index is 451. The van der Waals surface area contributed by atoms with Crippen molar-refractivity contribution >= 4 is 11.6 Å². The van der Waals surface area contributed by atoms with Gasteiger partial charge in [0.2, 0.25) is 5.91 Å². The Morgan fingerprint density at radius 3 is 3.00 bits per heavy atom. The zero-order valence-electron chi connectivity index (χ0n) is 8.76. The Kier molecular flexibility index (Phi) is 2.88. The van der Waals surface area contributed by atoms with Crippen molar-refractivity contribution < 1.29 is 9.90 Å². The van der Waals surface area contributed by atoms with Crippen molar-refractivity contribution in [2.75, 3.05) is 18.1 Å². The fourth-order valence-electron chi connectivity index (χ4n) is 1.90. The summed E-state index contributed by atoms with van der Waals surface area (Å²) in [6.07, 6.45) is 0.382. The maximum Gasteiger partial charge on any atom is 0.227 e. The van der Waals surface area contributed by atoms with E-state index in [1.165, 1.54) is 0 Å². The van der Waals surface area contributed by atoms with E-state index in [9.17, 15) is 4.79 Å². The average molecular weight is 216 g/mol. The fraction of sp³-hybridized carbons (Fsp3) is 0.333. The van der Waals surface area contributed by atoms with E-state index in [2.05, 4.69) is 0 Å². The topological polar surface area (TPSA) is 64.3 Å². The molecule has 1 unspecified atom stereocenters. The first-order valence-corrected chi connectivity index (χ1v) is 5.16. The molecule has 1 heterocycles. The molecule has 1 saturated heterocycles. The molecule has 0 saturated carbocycles. The highest BCUT2D eigenvalue weighted by atomic mass is 16.3. The molecule has 2 rings (SSSR count). The molecule has 82 valence electrons. The number of hydrogen-bond acceptors (Lipinski definition) is 3. The van der Waals surface area contributed by atoms with Gasteiger partial charge in [-0.2, -0.15) is 5.26 Å². The van der Waals surface area contributed by atoms with Gasteiger partial charge in [0.25, 0.3) is 0 Å². The second-order valence-corrected chi connectivity index (χ2v) is 3.92. The molecule has 1 fully saturated rings. The van der Waals surface area contributed by atoms with Crippen LogP contribution in [-0.4, -0.2) is 24.2 Å². The van der Waals surface area contributed by atoms with Crippen molar-refractivity contribution in [1.82, 2.24) is 0 Å². The number of rotatable bonds is 2. The molecule has 1 N–H and O–H groups in total. The lowest BCUT2D eigenvalue weighted by molar-refractivity contribution is -0.117. The van der Waals surface area contributed by atoms with Crippen molar-refractivity contribution in [1.29, 1.82) is 5.26 Å². The number of amides is 1. The second-order valence-electron chi connectivity index (χ2n) is 3.92. The number of aliphatic hydroxyl groups is 1. The molecule has 1 aliphatic rings. The Morgan fingerprint density at radius 2 is 2.38 bits per heavy atom. The monoisotopic (exact) mass is 216 g/mol. The van der Waals surface area contributed by atoms with Crippen LogP contribution < -0.4 is 4.90 Å². The third-order valence-electron chi connectivity index (χ3n) is 2.75. The SMILES string of the molecule is N#Cc1cccc(N2CC(CO)CC2=O)c1. The van der Waals surface area contributed by atoms with Crippen LogP contribution in [0.4, 0.5) is 5.69 Å². The second kappa shape index (κ2) is 4.33. The number of nitriles is 1. The summed E-state index contributed by atoms with van der Waals surface area (Å²) in [7, 11) is 0. The highest BCUT2D eigenvalue weighted by Gasteiger charge is 2.29. The smallest absolute Gasteiger partial charge is 0.227 e. The van der Waals surface area contributed by atoms with Gasteiger partial charge >= 0.3 is 0 Å². The van der Waals surface area contributed by atoms with Crippen LogP contribution in [-0.2, 0) is 4.79 Å². The Balaban J connectivity index is 2.25. The molecule has 4 heteroatoms. The van der Waals surface area contributed by atoms with Gasteiger partial charge in [-0.25, -0.2) is 0 Å². The molecule has 0 radical (unpaired) electrons. The largest absolute Gasteiger partial charge is 0.396 e. The fourth-order valence-corrected chi connectivity index (χ4v) is 1.90. The third-order valence-corrected chi connectivity index (χ3v) is 2.75. The van der Waals surface area contributed by atoms with Gasteiger partial charge in [-0.3, -0.25) is 4.79 Å². The summed E-state index contributed by atoms with van der Waals surface area (Å²) < 4.78 is 0. The van der Waals surface area contributed by atoms with Gasteiger partial charge < -0.3 is 10.0 Å². The van der Waals surface area contributed by atoms with E-state index in [1.807, 2.05) is 6.07 Å². The summed E-state index contributed by atoms with van der Waals surface area (Å²) in [5.74, 6) is 0.0207. The lowest BCUT2D eigenvalue weighted by atomic mass is 10.1. The van der Waals surface area contributed by atoms with Gasteiger partial charge in [-0.05, 0) is 18.2 Å². The maximum absolute atomic E-state index is 11.7. The van der Waals surface area contributed by atoms with Crippen LogP contribution in [0.15, 0.2) is 24.3 Å². The molecule has 0 aromatic heterocycles. The normalized spacial score (nSPS) is 19.9. The Labute approximate surface area is 93.7 Å². The molecule has 1 amide bonds. The lowest BCUT2D eigenvalue weighted by Crippen LogP contribution is -2.24. The number of anilines is 1. The van der Waals surface area contributed by atoms with Crippen molar-refractivity contribution in [3.05, 3.63) is 29.8 Å². The lowest BCUT2D eigenvalue weighted by Gasteiger charge is -2.16. The highest BCUT2D eigenvalue weighted by Crippen LogP contribution is 2.25. The van der Waals surface area contributed by atoms with Crippen LogP contribution >= 0.6 is 0 Å². The standard InChI is InChI=1S/C12H12N2O2/c13-6-9-2-1-3-11(4-9)14-7-10(8-15)5-12(14)16/h1-4,10,15H,5,7-8H2. The van der Waals surface area contributed by atoms with Crippen molar-refractivity contribution in [3.8, 4) is 6.07 Å². The molecule has 0 aliphatic carbocycles. The number of hydrogen-bond donors (Lipinski definition) is 1. The molecular formula is C12H12N2O2. The highest BCUT2D eigenvalue weighted by molar-refractivity contribution is 5.95.